The van der Waals surface area contributed by atoms with Crippen LogP contribution in [-0.2, 0) is 19.6 Å². The van der Waals surface area contributed by atoms with Crippen LogP contribution >= 0.6 is 0 Å². The highest BCUT2D eigenvalue weighted by atomic mass is 19.1. The van der Waals surface area contributed by atoms with Gasteiger partial charge in [0.05, 0.1) is 24.1 Å². The van der Waals surface area contributed by atoms with E-state index in [-0.39, 0.29) is 5.82 Å². The fraction of sp³-hybridized carbons (Fsp3) is 0.471. The van der Waals surface area contributed by atoms with E-state index in [1.165, 1.54) is 18.6 Å². The number of likely N-dealkylation sites (tertiary alicyclic amines) is 1. The van der Waals surface area contributed by atoms with Gasteiger partial charge in [0.2, 0.25) is 0 Å². The van der Waals surface area contributed by atoms with E-state index in [9.17, 15) is 4.39 Å². The largest absolute Gasteiger partial charge is 0.327 e. The number of imidazole rings is 1. The lowest BCUT2D eigenvalue weighted by Gasteiger charge is -2.24. The SMILES string of the molecule is CCn1c(CN2CCCC2Cn2cncn2)nc2cc(F)ccc21. The molecule has 1 aromatic carbocycles. The lowest BCUT2D eigenvalue weighted by atomic mass is 10.2. The summed E-state index contributed by atoms with van der Waals surface area (Å²) in [5, 5.41) is 4.22. The highest BCUT2D eigenvalue weighted by Gasteiger charge is 2.26. The minimum Gasteiger partial charge on any atom is -0.327 e. The van der Waals surface area contributed by atoms with Crippen LogP contribution in [0.4, 0.5) is 4.39 Å². The molecule has 0 radical (unpaired) electrons. The van der Waals surface area contributed by atoms with E-state index >= 15 is 0 Å². The van der Waals surface area contributed by atoms with Crippen LogP contribution in [0.5, 0.6) is 0 Å². The Morgan fingerprint density at radius 1 is 1.33 bits per heavy atom. The topological polar surface area (TPSA) is 51.8 Å². The van der Waals surface area contributed by atoms with E-state index in [0.717, 1.165) is 49.5 Å². The predicted molar refractivity (Wildman–Crippen MR) is 88.8 cm³/mol. The average Bonchev–Trinajstić information content (AvgIpc) is 3.28. The van der Waals surface area contributed by atoms with Crippen molar-refractivity contribution in [2.45, 2.75) is 45.4 Å². The van der Waals surface area contributed by atoms with Crippen molar-refractivity contribution in [2.75, 3.05) is 6.54 Å². The predicted octanol–water partition coefficient (Wildman–Crippen LogP) is 2.45. The molecule has 24 heavy (non-hydrogen) atoms. The van der Waals surface area contributed by atoms with Crippen LogP contribution in [0.25, 0.3) is 11.0 Å². The number of benzene rings is 1. The van der Waals surface area contributed by atoms with E-state index < -0.39 is 0 Å². The van der Waals surface area contributed by atoms with Crippen molar-refractivity contribution in [1.29, 1.82) is 0 Å². The maximum absolute atomic E-state index is 13.5. The lowest BCUT2D eigenvalue weighted by molar-refractivity contribution is 0.212. The standard InChI is InChI=1S/C17H21FN6/c1-2-24-16-6-5-13(18)8-15(16)21-17(24)10-22-7-3-4-14(22)9-23-12-19-11-20-23/h5-6,8,11-12,14H,2-4,7,9-10H2,1H3. The third-order valence-electron chi connectivity index (χ3n) is 4.81. The zero-order valence-corrected chi connectivity index (χ0v) is 13.8. The average molecular weight is 328 g/mol. The quantitative estimate of drug-likeness (QED) is 0.722. The summed E-state index contributed by atoms with van der Waals surface area (Å²) >= 11 is 0. The van der Waals surface area contributed by atoms with Gasteiger partial charge in [0.25, 0.3) is 0 Å². The number of aryl methyl sites for hydroxylation is 1. The van der Waals surface area contributed by atoms with Gasteiger partial charge in [-0.25, -0.2) is 14.4 Å². The summed E-state index contributed by atoms with van der Waals surface area (Å²) in [6.45, 7) is 5.62. The van der Waals surface area contributed by atoms with Gasteiger partial charge in [-0.1, -0.05) is 0 Å². The molecule has 2 aromatic heterocycles. The van der Waals surface area contributed by atoms with Crippen molar-refractivity contribution < 1.29 is 4.39 Å². The van der Waals surface area contributed by atoms with Crippen molar-refractivity contribution in [2.24, 2.45) is 0 Å². The third-order valence-corrected chi connectivity index (χ3v) is 4.81. The molecule has 0 saturated carbocycles. The molecule has 6 nitrogen and oxygen atoms in total. The van der Waals surface area contributed by atoms with E-state index in [1.807, 2.05) is 10.7 Å². The van der Waals surface area contributed by atoms with E-state index in [2.05, 4.69) is 31.5 Å². The lowest BCUT2D eigenvalue weighted by Crippen LogP contribution is -2.33. The van der Waals surface area contributed by atoms with E-state index in [4.69, 9.17) is 0 Å². The molecule has 3 aromatic rings. The number of aromatic nitrogens is 5. The Kier molecular flexibility index (Phi) is 4.02. The normalized spacial score (nSPS) is 18.7. The number of halogens is 1. The molecule has 1 aliphatic rings. The second-order valence-electron chi connectivity index (χ2n) is 6.29. The molecule has 1 fully saturated rings. The van der Waals surface area contributed by atoms with Gasteiger partial charge in [-0.2, -0.15) is 5.10 Å². The Labute approximate surface area is 139 Å². The van der Waals surface area contributed by atoms with Crippen LogP contribution in [0.15, 0.2) is 30.9 Å². The molecule has 7 heteroatoms. The molecule has 3 heterocycles. The Bertz CT molecular complexity index is 825. The van der Waals surface area contributed by atoms with Crippen molar-refractivity contribution in [3.8, 4) is 0 Å². The molecule has 0 amide bonds. The van der Waals surface area contributed by atoms with Gasteiger partial charge in [-0.3, -0.25) is 9.58 Å². The number of hydrogen-bond acceptors (Lipinski definition) is 4. The molecule has 1 aliphatic heterocycles. The van der Waals surface area contributed by atoms with Crippen molar-refractivity contribution in [3.63, 3.8) is 0 Å². The summed E-state index contributed by atoms with van der Waals surface area (Å²) in [5.74, 6) is 0.767. The number of nitrogens with zero attached hydrogens (tertiary/aromatic N) is 6. The Hall–Kier alpha value is -2.28. The fourth-order valence-corrected chi connectivity index (χ4v) is 3.66. The Morgan fingerprint density at radius 3 is 3.04 bits per heavy atom. The first-order chi connectivity index (χ1) is 11.7. The second-order valence-corrected chi connectivity index (χ2v) is 6.29. The van der Waals surface area contributed by atoms with Crippen LogP contribution in [-0.4, -0.2) is 41.8 Å². The molecule has 1 atom stereocenters. The second kappa shape index (κ2) is 6.32. The summed E-state index contributed by atoms with van der Waals surface area (Å²) in [6, 6.07) is 5.28. The van der Waals surface area contributed by atoms with Gasteiger partial charge in [0, 0.05) is 18.7 Å². The summed E-state index contributed by atoms with van der Waals surface area (Å²) in [4.78, 5) is 11.2. The van der Waals surface area contributed by atoms with Gasteiger partial charge < -0.3 is 4.57 Å². The first-order valence-electron chi connectivity index (χ1n) is 8.45. The van der Waals surface area contributed by atoms with Crippen LogP contribution in [0, 0.1) is 5.82 Å². The number of hydrogen-bond donors (Lipinski definition) is 0. The molecular formula is C17H21FN6. The van der Waals surface area contributed by atoms with Crippen LogP contribution in [0.3, 0.4) is 0 Å². The summed E-state index contributed by atoms with van der Waals surface area (Å²) in [6.07, 6.45) is 5.67. The van der Waals surface area contributed by atoms with E-state index in [0.29, 0.717) is 6.04 Å². The minimum atomic E-state index is -0.236. The minimum absolute atomic E-state index is 0.236. The number of fused-ring (bicyclic) bond motifs is 1. The molecule has 1 unspecified atom stereocenters. The molecule has 0 N–H and O–H groups in total. The molecule has 1 saturated heterocycles. The summed E-state index contributed by atoms with van der Waals surface area (Å²) in [5.41, 5.74) is 1.74. The molecule has 4 rings (SSSR count). The van der Waals surface area contributed by atoms with Crippen LogP contribution < -0.4 is 0 Å². The first kappa shape index (κ1) is 15.3. The number of rotatable bonds is 5. The van der Waals surface area contributed by atoms with Crippen LogP contribution in [0.2, 0.25) is 0 Å². The summed E-state index contributed by atoms with van der Waals surface area (Å²) < 4.78 is 17.6. The van der Waals surface area contributed by atoms with Gasteiger partial charge in [-0.15, -0.1) is 0 Å². The molecule has 126 valence electrons. The zero-order chi connectivity index (χ0) is 16.5. The Balaban J connectivity index is 1.58. The molecule has 0 bridgehead atoms. The van der Waals surface area contributed by atoms with Gasteiger partial charge >= 0.3 is 0 Å². The fourth-order valence-electron chi connectivity index (χ4n) is 3.66. The maximum Gasteiger partial charge on any atom is 0.137 e. The van der Waals surface area contributed by atoms with Crippen molar-refractivity contribution in [3.05, 3.63) is 42.5 Å². The van der Waals surface area contributed by atoms with Crippen molar-refractivity contribution in [1.82, 2.24) is 29.2 Å². The zero-order valence-electron chi connectivity index (χ0n) is 13.8. The highest BCUT2D eigenvalue weighted by Crippen LogP contribution is 2.24. The third kappa shape index (κ3) is 2.80. The monoisotopic (exact) mass is 328 g/mol. The van der Waals surface area contributed by atoms with E-state index in [1.54, 1.807) is 12.7 Å². The smallest absolute Gasteiger partial charge is 0.137 e. The molecule has 0 aliphatic carbocycles. The maximum atomic E-state index is 13.5. The molecular weight excluding hydrogens is 307 g/mol. The van der Waals surface area contributed by atoms with Gasteiger partial charge in [-0.05, 0) is 38.4 Å². The van der Waals surface area contributed by atoms with Crippen LogP contribution in [0.1, 0.15) is 25.6 Å². The summed E-state index contributed by atoms with van der Waals surface area (Å²) in [7, 11) is 0. The van der Waals surface area contributed by atoms with Gasteiger partial charge in [0.15, 0.2) is 0 Å². The molecule has 0 spiro atoms. The van der Waals surface area contributed by atoms with Gasteiger partial charge in [0.1, 0.15) is 24.3 Å². The highest BCUT2D eigenvalue weighted by molar-refractivity contribution is 5.76. The van der Waals surface area contributed by atoms with Crippen molar-refractivity contribution >= 4 is 11.0 Å². The first-order valence-corrected chi connectivity index (χ1v) is 8.45. The Morgan fingerprint density at radius 2 is 2.25 bits per heavy atom.